The zero-order valence-corrected chi connectivity index (χ0v) is 14.4. The summed E-state index contributed by atoms with van der Waals surface area (Å²) in [6.45, 7) is 5.58. The predicted octanol–water partition coefficient (Wildman–Crippen LogP) is 3.28. The van der Waals surface area contributed by atoms with Crippen LogP contribution in [-0.4, -0.2) is 20.9 Å². The molecule has 0 aliphatic heterocycles. The van der Waals surface area contributed by atoms with E-state index in [-0.39, 0.29) is 5.91 Å². The topological polar surface area (TPSA) is 79.8 Å². The lowest BCUT2D eigenvalue weighted by Gasteiger charge is -2.07. The Morgan fingerprint density at radius 3 is 2.33 bits per heavy atom. The number of aromatic nitrogens is 3. The fourth-order valence-corrected chi connectivity index (χ4v) is 3.23. The number of nitrogens with zero attached hydrogens (tertiary/aromatic N) is 3. The Morgan fingerprint density at radius 1 is 1.00 bits per heavy atom. The fraction of sp³-hybridized carbons (Fsp3) is 0.176. The molecular formula is C17H17N5OS. The van der Waals surface area contributed by atoms with E-state index in [1.807, 2.05) is 57.2 Å². The van der Waals surface area contributed by atoms with Crippen LogP contribution in [0.3, 0.4) is 0 Å². The third-order valence-electron chi connectivity index (χ3n) is 3.29. The molecule has 1 amide bonds. The van der Waals surface area contributed by atoms with Gasteiger partial charge in [-0.2, -0.15) is 0 Å². The molecule has 0 aliphatic carbocycles. The first-order valence-corrected chi connectivity index (χ1v) is 8.26. The van der Waals surface area contributed by atoms with Gasteiger partial charge in [0.2, 0.25) is 5.95 Å². The van der Waals surface area contributed by atoms with Gasteiger partial charge in [0.1, 0.15) is 9.88 Å². The molecule has 6 nitrogen and oxygen atoms in total. The molecule has 3 rings (SSSR count). The van der Waals surface area contributed by atoms with Crippen molar-refractivity contribution in [3.63, 3.8) is 0 Å². The van der Waals surface area contributed by atoms with Gasteiger partial charge in [-0.05, 0) is 26.8 Å². The highest BCUT2D eigenvalue weighted by molar-refractivity contribution is 7.17. The van der Waals surface area contributed by atoms with E-state index in [0.29, 0.717) is 16.5 Å². The number of rotatable bonds is 4. The van der Waals surface area contributed by atoms with E-state index >= 15 is 0 Å². The van der Waals surface area contributed by atoms with Crippen molar-refractivity contribution in [2.75, 3.05) is 5.43 Å². The van der Waals surface area contributed by atoms with Crippen molar-refractivity contribution in [2.24, 2.45) is 0 Å². The summed E-state index contributed by atoms with van der Waals surface area (Å²) in [5.74, 6) is 0.112. The fourth-order valence-electron chi connectivity index (χ4n) is 2.26. The summed E-state index contributed by atoms with van der Waals surface area (Å²) in [4.78, 5) is 25.9. The van der Waals surface area contributed by atoms with Crippen molar-refractivity contribution < 1.29 is 4.79 Å². The van der Waals surface area contributed by atoms with Crippen molar-refractivity contribution in [3.8, 4) is 10.6 Å². The quantitative estimate of drug-likeness (QED) is 0.713. The standard InChI is InChI=1S/C17H17N5OS/c1-10-9-11(2)19-17(18-10)22-21-15(23)14-12(3)20-16(24-14)13-7-5-4-6-8-13/h4-9H,1-3H3,(H,21,23)(H,18,19,22). The van der Waals surface area contributed by atoms with Gasteiger partial charge in [0.05, 0.1) is 5.69 Å². The maximum atomic E-state index is 12.4. The second kappa shape index (κ2) is 6.76. The molecule has 0 aliphatic rings. The molecule has 0 fully saturated rings. The summed E-state index contributed by atoms with van der Waals surface area (Å²) in [5, 5.41) is 0.820. The minimum atomic E-state index is -0.255. The summed E-state index contributed by atoms with van der Waals surface area (Å²) in [7, 11) is 0. The van der Waals surface area contributed by atoms with Crippen LogP contribution < -0.4 is 10.9 Å². The molecule has 2 N–H and O–H groups in total. The molecule has 122 valence electrons. The zero-order valence-electron chi connectivity index (χ0n) is 13.6. The van der Waals surface area contributed by atoms with Crippen LogP contribution in [0.2, 0.25) is 0 Å². The first kappa shape index (κ1) is 16.1. The minimum absolute atomic E-state index is 0.255. The second-order valence-corrected chi connectivity index (χ2v) is 6.35. The van der Waals surface area contributed by atoms with E-state index < -0.39 is 0 Å². The van der Waals surface area contributed by atoms with Gasteiger partial charge in [0.15, 0.2) is 0 Å². The number of carbonyl (C=O) groups is 1. The van der Waals surface area contributed by atoms with Crippen molar-refractivity contribution in [3.05, 3.63) is 58.4 Å². The smallest absolute Gasteiger partial charge is 0.266 e. The molecule has 0 spiro atoms. The van der Waals surface area contributed by atoms with E-state index in [1.165, 1.54) is 11.3 Å². The summed E-state index contributed by atoms with van der Waals surface area (Å²) in [6, 6.07) is 11.7. The summed E-state index contributed by atoms with van der Waals surface area (Å²) < 4.78 is 0. The number of nitrogens with one attached hydrogen (secondary N) is 2. The zero-order chi connectivity index (χ0) is 17.1. The van der Waals surface area contributed by atoms with Gasteiger partial charge in [-0.25, -0.2) is 15.0 Å². The van der Waals surface area contributed by atoms with Crippen LogP contribution in [0.15, 0.2) is 36.4 Å². The van der Waals surface area contributed by atoms with Crippen molar-refractivity contribution >= 4 is 23.2 Å². The van der Waals surface area contributed by atoms with Crippen molar-refractivity contribution in [2.45, 2.75) is 20.8 Å². The third-order valence-corrected chi connectivity index (χ3v) is 4.50. The predicted molar refractivity (Wildman–Crippen MR) is 94.9 cm³/mol. The molecule has 0 unspecified atom stereocenters. The highest BCUT2D eigenvalue weighted by atomic mass is 32.1. The van der Waals surface area contributed by atoms with Crippen LogP contribution in [-0.2, 0) is 0 Å². The van der Waals surface area contributed by atoms with E-state index in [9.17, 15) is 4.79 Å². The number of hydrazine groups is 1. The molecule has 1 aromatic carbocycles. The maximum Gasteiger partial charge on any atom is 0.281 e. The average Bonchev–Trinajstić information content (AvgIpc) is 2.94. The van der Waals surface area contributed by atoms with Crippen LogP contribution in [0, 0.1) is 20.8 Å². The number of hydrogen-bond donors (Lipinski definition) is 2. The van der Waals surface area contributed by atoms with Gasteiger partial charge in [0, 0.05) is 17.0 Å². The Kier molecular flexibility index (Phi) is 4.52. The number of amides is 1. The summed E-state index contributed by atoms with van der Waals surface area (Å²) in [5.41, 5.74) is 8.75. The van der Waals surface area contributed by atoms with E-state index in [2.05, 4.69) is 25.8 Å². The van der Waals surface area contributed by atoms with Crippen LogP contribution in [0.25, 0.3) is 10.6 Å². The number of anilines is 1. The van der Waals surface area contributed by atoms with Crippen molar-refractivity contribution in [1.29, 1.82) is 0 Å². The molecule has 24 heavy (non-hydrogen) atoms. The first-order chi connectivity index (χ1) is 11.5. The van der Waals surface area contributed by atoms with Gasteiger partial charge in [-0.3, -0.25) is 15.6 Å². The Balaban J connectivity index is 1.74. The monoisotopic (exact) mass is 339 g/mol. The molecule has 2 aromatic heterocycles. The lowest BCUT2D eigenvalue weighted by Crippen LogP contribution is -2.30. The van der Waals surface area contributed by atoms with Crippen LogP contribution in [0.4, 0.5) is 5.95 Å². The molecule has 0 saturated carbocycles. The second-order valence-electron chi connectivity index (χ2n) is 5.35. The molecule has 3 aromatic rings. The van der Waals surface area contributed by atoms with Gasteiger partial charge >= 0.3 is 0 Å². The summed E-state index contributed by atoms with van der Waals surface area (Å²) >= 11 is 1.36. The minimum Gasteiger partial charge on any atom is -0.266 e. The highest BCUT2D eigenvalue weighted by Crippen LogP contribution is 2.27. The number of carbonyl (C=O) groups excluding carboxylic acids is 1. The normalized spacial score (nSPS) is 10.5. The van der Waals surface area contributed by atoms with Crippen LogP contribution in [0.5, 0.6) is 0 Å². The van der Waals surface area contributed by atoms with Crippen molar-refractivity contribution in [1.82, 2.24) is 20.4 Å². The Morgan fingerprint density at radius 2 is 1.67 bits per heavy atom. The number of aryl methyl sites for hydroxylation is 3. The van der Waals surface area contributed by atoms with Gasteiger partial charge in [-0.15, -0.1) is 11.3 Å². The van der Waals surface area contributed by atoms with Gasteiger partial charge in [0.25, 0.3) is 5.91 Å². The highest BCUT2D eigenvalue weighted by Gasteiger charge is 2.16. The van der Waals surface area contributed by atoms with Gasteiger partial charge in [-0.1, -0.05) is 30.3 Å². The lowest BCUT2D eigenvalue weighted by molar-refractivity contribution is 0.0965. The summed E-state index contributed by atoms with van der Waals surface area (Å²) in [6.07, 6.45) is 0. The molecule has 2 heterocycles. The number of hydrogen-bond acceptors (Lipinski definition) is 6. The van der Waals surface area contributed by atoms with Crippen LogP contribution in [0.1, 0.15) is 26.8 Å². The average molecular weight is 339 g/mol. The van der Waals surface area contributed by atoms with E-state index in [4.69, 9.17) is 0 Å². The molecule has 0 radical (unpaired) electrons. The van der Waals surface area contributed by atoms with E-state index in [1.54, 1.807) is 0 Å². The maximum absolute atomic E-state index is 12.4. The molecule has 7 heteroatoms. The largest absolute Gasteiger partial charge is 0.281 e. The third kappa shape index (κ3) is 3.57. The molecule has 0 saturated heterocycles. The molecule has 0 atom stereocenters. The van der Waals surface area contributed by atoms with E-state index in [0.717, 1.165) is 22.0 Å². The lowest BCUT2D eigenvalue weighted by atomic mass is 10.2. The SMILES string of the molecule is Cc1cc(C)nc(NNC(=O)c2sc(-c3ccccc3)nc2C)n1. The molecular weight excluding hydrogens is 322 g/mol. The van der Waals surface area contributed by atoms with Crippen LogP contribution >= 0.6 is 11.3 Å². The Hall–Kier alpha value is -2.80. The Bertz CT molecular complexity index is 856. The first-order valence-electron chi connectivity index (χ1n) is 7.44. The number of benzene rings is 1. The molecule has 0 bridgehead atoms. The van der Waals surface area contributed by atoms with Gasteiger partial charge < -0.3 is 0 Å². The Labute approximate surface area is 144 Å². The number of thiazole rings is 1.